The molecule has 2 heterocycles. The van der Waals surface area contributed by atoms with Crippen LogP contribution < -0.4 is 5.32 Å². The Morgan fingerprint density at radius 2 is 1.80 bits per heavy atom. The zero-order valence-electron chi connectivity index (χ0n) is 13.6. The third-order valence-corrected chi connectivity index (χ3v) is 4.22. The molecule has 1 N–H and O–H groups in total. The van der Waals surface area contributed by atoms with Gasteiger partial charge >= 0.3 is 0 Å². The van der Waals surface area contributed by atoms with Gasteiger partial charge in [0.05, 0.1) is 24.6 Å². The number of benzene rings is 2. The van der Waals surface area contributed by atoms with E-state index < -0.39 is 0 Å². The Hall–Kier alpha value is -2.21. The minimum atomic E-state index is -0.249. The molecule has 25 heavy (non-hydrogen) atoms. The number of halogens is 2. The third-order valence-electron chi connectivity index (χ3n) is 4.22. The summed E-state index contributed by atoms with van der Waals surface area (Å²) in [6.45, 7) is 2.51. The van der Waals surface area contributed by atoms with Crippen LogP contribution in [0.5, 0.6) is 0 Å². The molecule has 2 aromatic carbocycles. The lowest BCUT2D eigenvalue weighted by Crippen LogP contribution is -2.33. The Morgan fingerprint density at radius 1 is 1.04 bits per heavy atom. The minimum Gasteiger partial charge on any atom is -0.371 e. The molecule has 4 rings (SSSR count). The van der Waals surface area contributed by atoms with E-state index in [1.165, 1.54) is 17.7 Å². The summed E-state index contributed by atoms with van der Waals surface area (Å²) < 4.78 is 20.5. The molecule has 1 unspecified atom stereocenters. The molecule has 0 amide bonds. The van der Waals surface area contributed by atoms with Crippen molar-refractivity contribution >= 4 is 12.4 Å². The van der Waals surface area contributed by atoms with Crippen molar-refractivity contribution in [1.82, 2.24) is 15.1 Å². The topological polar surface area (TPSA) is 39.1 Å². The Balaban J connectivity index is 0.00000182. The second-order valence-electron chi connectivity index (χ2n) is 5.84. The molecular weight excluding hydrogens is 341 g/mol. The predicted octanol–water partition coefficient (Wildman–Crippen LogP) is 3.76. The number of hydrogen-bond donors (Lipinski definition) is 1. The maximum absolute atomic E-state index is 13.0. The summed E-state index contributed by atoms with van der Waals surface area (Å²) in [5.74, 6) is -0.249. The van der Waals surface area contributed by atoms with Crippen molar-refractivity contribution in [2.75, 3.05) is 19.7 Å². The van der Waals surface area contributed by atoms with Crippen molar-refractivity contribution in [3.05, 3.63) is 72.3 Å². The zero-order chi connectivity index (χ0) is 16.4. The van der Waals surface area contributed by atoms with Gasteiger partial charge in [-0.1, -0.05) is 24.3 Å². The first-order chi connectivity index (χ1) is 11.8. The summed E-state index contributed by atoms with van der Waals surface area (Å²) in [6.07, 6.45) is 3.88. The Morgan fingerprint density at radius 3 is 2.48 bits per heavy atom. The van der Waals surface area contributed by atoms with Crippen molar-refractivity contribution in [2.24, 2.45) is 0 Å². The molecule has 3 aromatic rings. The first kappa shape index (κ1) is 17.6. The SMILES string of the molecule is Cl.Fc1ccc(-n2cc(-c3ccc(C4CNCCO4)cc3)cn2)cc1. The summed E-state index contributed by atoms with van der Waals surface area (Å²) in [7, 11) is 0. The summed E-state index contributed by atoms with van der Waals surface area (Å²) >= 11 is 0. The molecule has 1 saturated heterocycles. The molecule has 1 aromatic heterocycles. The highest BCUT2D eigenvalue weighted by molar-refractivity contribution is 5.85. The number of ether oxygens (including phenoxy) is 1. The van der Waals surface area contributed by atoms with Crippen molar-refractivity contribution in [1.29, 1.82) is 0 Å². The molecule has 0 saturated carbocycles. The van der Waals surface area contributed by atoms with Gasteiger partial charge in [0, 0.05) is 24.8 Å². The summed E-state index contributed by atoms with van der Waals surface area (Å²) in [4.78, 5) is 0. The van der Waals surface area contributed by atoms with Gasteiger partial charge in [-0.2, -0.15) is 5.10 Å². The Labute approximate surface area is 152 Å². The first-order valence-electron chi connectivity index (χ1n) is 8.03. The van der Waals surface area contributed by atoms with Gasteiger partial charge in [0.2, 0.25) is 0 Å². The third kappa shape index (κ3) is 3.90. The van der Waals surface area contributed by atoms with Crippen LogP contribution in [0.4, 0.5) is 4.39 Å². The normalized spacial score (nSPS) is 17.1. The predicted molar refractivity (Wildman–Crippen MR) is 97.8 cm³/mol. The number of rotatable bonds is 3. The molecule has 1 atom stereocenters. The fourth-order valence-electron chi connectivity index (χ4n) is 2.88. The van der Waals surface area contributed by atoms with Gasteiger partial charge in [-0.3, -0.25) is 0 Å². The molecule has 1 fully saturated rings. The molecule has 0 aliphatic carbocycles. The summed E-state index contributed by atoms with van der Waals surface area (Å²) in [5, 5.41) is 7.70. The van der Waals surface area contributed by atoms with Gasteiger partial charge in [0.15, 0.2) is 0 Å². The molecule has 0 bridgehead atoms. The van der Waals surface area contributed by atoms with Crippen molar-refractivity contribution < 1.29 is 9.13 Å². The van der Waals surface area contributed by atoms with E-state index in [0.717, 1.165) is 36.5 Å². The highest BCUT2D eigenvalue weighted by Crippen LogP contribution is 2.24. The molecule has 0 spiro atoms. The van der Waals surface area contributed by atoms with E-state index in [9.17, 15) is 4.39 Å². The van der Waals surface area contributed by atoms with Crippen LogP contribution in [0.15, 0.2) is 60.9 Å². The van der Waals surface area contributed by atoms with Crippen molar-refractivity contribution in [2.45, 2.75) is 6.10 Å². The van der Waals surface area contributed by atoms with Crippen LogP contribution in [-0.2, 0) is 4.74 Å². The molecule has 0 radical (unpaired) electrons. The monoisotopic (exact) mass is 359 g/mol. The Kier molecular flexibility index (Phi) is 5.48. The van der Waals surface area contributed by atoms with E-state index in [1.54, 1.807) is 16.8 Å². The molecular formula is C19H19ClFN3O. The summed E-state index contributed by atoms with van der Waals surface area (Å²) in [5.41, 5.74) is 4.13. The van der Waals surface area contributed by atoms with Gasteiger partial charge in [-0.05, 0) is 35.4 Å². The number of aromatic nitrogens is 2. The number of nitrogens with zero attached hydrogens (tertiary/aromatic N) is 2. The second-order valence-corrected chi connectivity index (χ2v) is 5.84. The van der Waals surface area contributed by atoms with Gasteiger partial charge in [0.25, 0.3) is 0 Å². The van der Waals surface area contributed by atoms with Crippen LogP contribution in [0.1, 0.15) is 11.7 Å². The van der Waals surface area contributed by atoms with Crippen LogP contribution in [0.3, 0.4) is 0 Å². The highest BCUT2D eigenvalue weighted by Gasteiger charge is 2.15. The van der Waals surface area contributed by atoms with E-state index in [2.05, 4.69) is 34.7 Å². The first-order valence-corrected chi connectivity index (χ1v) is 8.03. The Bertz CT molecular complexity index is 811. The zero-order valence-corrected chi connectivity index (χ0v) is 14.4. The standard InChI is InChI=1S/C19H18FN3O.ClH/c20-17-5-7-18(8-6-17)23-13-16(11-22-23)14-1-3-15(4-2-14)19-12-21-9-10-24-19;/h1-8,11,13,19,21H,9-10,12H2;1H. The average Bonchev–Trinajstić information content (AvgIpc) is 3.13. The van der Waals surface area contributed by atoms with Gasteiger partial charge in [0.1, 0.15) is 5.82 Å². The fraction of sp³-hybridized carbons (Fsp3) is 0.211. The maximum atomic E-state index is 13.0. The molecule has 1 aliphatic rings. The molecule has 130 valence electrons. The lowest BCUT2D eigenvalue weighted by Gasteiger charge is -2.24. The van der Waals surface area contributed by atoms with Crippen molar-refractivity contribution in [3.63, 3.8) is 0 Å². The fourth-order valence-corrected chi connectivity index (χ4v) is 2.88. The van der Waals surface area contributed by atoms with Crippen molar-refractivity contribution in [3.8, 4) is 16.8 Å². The van der Waals surface area contributed by atoms with E-state index in [-0.39, 0.29) is 24.3 Å². The lowest BCUT2D eigenvalue weighted by atomic mass is 10.0. The van der Waals surface area contributed by atoms with Crippen LogP contribution in [0.2, 0.25) is 0 Å². The van der Waals surface area contributed by atoms with Gasteiger partial charge in [-0.15, -0.1) is 12.4 Å². The average molecular weight is 360 g/mol. The largest absolute Gasteiger partial charge is 0.371 e. The summed E-state index contributed by atoms with van der Waals surface area (Å²) in [6, 6.07) is 14.7. The van der Waals surface area contributed by atoms with E-state index in [1.807, 2.05) is 12.4 Å². The highest BCUT2D eigenvalue weighted by atomic mass is 35.5. The molecule has 4 nitrogen and oxygen atoms in total. The minimum absolute atomic E-state index is 0. The van der Waals surface area contributed by atoms with Gasteiger partial charge < -0.3 is 10.1 Å². The van der Waals surface area contributed by atoms with Gasteiger partial charge in [-0.25, -0.2) is 9.07 Å². The van der Waals surface area contributed by atoms with E-state index in [0.29, 0.717) is 0 Å². The van der Waals surface area contributed by atoms with E-state index in [4.69, 9.17) is 4.74 Å². The van der Waals surface area contributed by atoms with Crippen LogP contribution in [-0.4, -0.2) is 29.5 Å². The lowest BCUT2D eigenvalue weighted by molar-refractivity contribution is 0.0277. The number of morpholine rings is 1. The maximum Gasteiger partial charge on any atom is 0.123 e. The number of nitrogens with one attached hydrogen (secondary N) is 1. The van der Waals surface area contributed by atoms with E-state index >= 15 is 0 Å². The molecule has 6 heteroatoms. The van der Waals surface area contributed by atoms with Crippen LogP contribution in [0.25, 0.3) is 16.8 Å². The number of hydrogen-bond acceptors (Lipinski definition) is 3. The second kappa shape index (κ2) is 7.78. The quantitative estimate of drug-likeness (QED) is 0.774. The van der Waals surface area contributed by atoms with Crippen LogP contribution >= 0.6 is 12.4 Å². The molecule has 1 aliphatic heterocycles. The smallest absolute Gasteiger partial charge is 0.123 e. The van der Waals surface area contributed by atoms with Crippen LogP contribution in [0, 0.1) is 5.82 Å².